The summed E-state index contributed by atoms with van der Waals surface area (Å²) < 4.78 is 5.24. The van der Waals surface area contributed by atoms with Crippen LogP contribution < -0.4 is 54.4 Å². The molecule has 13 N–H and O–H groups in total. The number of primary amides is 2. The number of carbonyl (C=O) groups is 13. The van der Waals surface area contributed by atoms with Gasteiger partial charge in [0.1, 0.15) is 29.8 Å². The number of nitrogens with zero attached hydrogens (tertiary/aromatic N) is 2. The summed E-state index contributed by atoms with van der Waals surface area (Å²) in [5.41, 5.74) is 18.2. The zero-order valence-corrected chi connectivity index (χ0v) is 52.4. The smallest absolute Gasteiger partial charge is 0.407 e. The Morgan fingerprint density at radius 2 is 0.831 bits per heavy atom. The minimum Gasteiger partial charge on any atom is -0.444 e. The molecule has 0 unspecified atom stereocenters. The highest BCUT2D eigenvalue weighted by Gasteiger charge is 2.31. The Labute approximate surface area is 520 Å². The highest BCUT2D eigenvalue weighted by molar-refractivity contribution is 6.13. The summed E-state index contributed by atoms with van der Waals surface area (Å²) in [6, 6.07) is 10.2. The number of anilines is 2. The molecule has 0 aliphatic carbocycles. The Morgan fingerprint density at radius 1 is 0.472 bits per heavy atom. The van der Waals surface area contributed by atoms with Gasteiger partial charge in [-0.25, -0.2) is 4.79 Å². The van der Waals surface area contributed by atoms with Gasteiger partial charge in [-0.1, -0.05) is 77.6 Å². The molecule has 2 aliphatic rings. The van der Waals surface area contributed by atoms with E-state index in [0.29, 0.717) is 88.7 Å². The van der Waals surface area contributed by atoms with Crippen LogP contribution in [0.2, 0.25) is 0 Å². The molecule has 13 amide bonds. The fraction of sp³-hybridized carbons (Fsp3) is 0.540. The lowest BCUT2D eigenvalue weighted by Gasteiger charge is -2.25. The van der Waals surface area contributed by atoms with Gasteiger partial charge in [0.15, 0.2) is 0 Å². The summed E-state index contributed by atoms with van der Waals surface area (Å²) in [5.74, 6) is -5.31. The third kappa shape index (κ3) is 29.2. The predicted molar refractivity (Wildman–Crippen MR) is 332 cm³/mol. The first-order valence-electron chi connectivity index (χ1n) is 30.4. The number of ether oxygens (including phenoxy) is 1. The van der Waals surface area contributed by atoms with Crippen LogP contribution in [0.4, 0.5) is 16.2 Å². The van der Waals surface area contributed by atoms with Crippen molar-refractivity contribution < 1.29 is 67.1 Å². The van der Waals surface area contributed by atoms with Crippen LogP contribution in [0.15, 0.2) is 72.8 Å². The highest BCUT2D eigenvalue weighted by atomic mass is 16.6. The topological polar surface area (TPSA) is 400 Å². The number of nitrogens with one attached hydrogen (secondary N) is 7. The lowest BCUT2D eigenvalue weighted by Crippen LogP contribution is -2.54. The number of nitrogens with two attached hydrogens (primary N) is 3. The van der Waals surface area contributed by atoms with E-state index in [1.54, 1.807) is 97.0 Å². The van der Waals surface area contributed by atoms with Crippen molar-refractivity contribution >= 4 is 88.4 Å². The van der Waals surface area contributed by atoms with E-state index in [1.807, 2.05) is 0 Å². The van der Waals surface area contributed by atoms with E-state index in [0.717, 1.165) is 20.9 Å². The third-order valence-electron chi connectivity index (χ3n) is 14.0. The molecule has 0 fully saturated rings. The van der Waals surface area contributed by atoms with Gasteiger partial charge in [0, 0.05) is 87.5 Å². The summed E-state index contributed by atoms with van der Waals surface area (Å²) in [5, 5.41) is 19.3. The molecule has 4 atom stereocenters. The van der Waals surface area contributed by atoms with Crippen molar-refractivity contribution in [2.75, 3.05) is 23.7 Å². The van der Waals surface area contributed by atoms with Gasteiger partial charge < -0.3 is 59.2 Å². The number of amides is 13. The number of hydrogen-bond donors (Lipinski definition) is 10. The third-order valence-corrected chi connectivity index (χ3v) is 14.0. The maximum Gasteiger partial charge on any atom is 0.407 e. The monoisotopic (exact) mass is 1240 g/mol. The van der Waals surface area contributed by atoms with E-state index in [1.165, 1.54) is 24.3 Å². The molecule has 4 rings (SSSR count). The molecule has 0 spiro atoms. The van der Waals surface area contributed by atoms with Crippen LogP contribution in [0.25, 0.3) is 0 Å². The molecule has 2 aliphatic heterocycles. The van der Waals surface area contributed by atoms with Crippen molar-refractivity contribution in [2.45, 2.75) is 194 Å². The lowest BCUT2D eigenvalue weighted by molar-refractivity contribution is -0.138. The molecule has 0 bridgehead atoms. The number of alkyl carbamates (subject to hydrolysis) is 1. The minimum atomic E-state index is -0.956. The summed E-state index contributed by atoms with van der Waals surface area (Å²) in [7, 11) is 0. The quantitative estimate of drug-likeness (QED) is 0.0337. The predicted octanol–water partition coefficient (Wildman–Crippen LogP) is 4.05. The van der Waals surface area contributed by atoms with Crippen LogP contribution in [-0.2, 0) is 75.4 Å². The van der Waals surface area contributed by atoms with Gasteiger partial charge in [0.05, 0.1) is 0 Å². The van der Waals surface area contributed by atoms with E-state index in [2.05, 4.69) is 37.2 Å². The molecular weight excluding hydrogens is 1150 g/mol. The second kappa shape index (κ2) is 38.5. The maximum absolute atomic E-state index is 13.4. The Bertz CT molecular complexity index is 2790. The van der Waals surface area contributed by atoms with E-state index < -0.39 is 71.3 Å². The molecule has 2 aromatic carbocycles. The molecule has 26 nitrogen and oxygen atoms in total. The van der Waals surface area contributed by atoms with Gasteiger partial charge in [-0.2, -0.15) is 0 Å². The normalized spacial score (nSPS) is 14.1. The molecule has 0 saturated carbocycles. The van der Waals surface area contributed by atoms with Crippen molar-refractivity contribution in [2.24, 2.45) is 29.0 Å². The Morgan fingerprint density at radius 3 is 1.17 bits per heavy atom. The number of hydrogen-bond acceptors (Lipinski definition) is 15. The van der Waals surface area contributed by atoms with Crippen molar-refractivity contribution in [3.05, 3.63) is 84.0 Å². The van der Waals surface area contributed by atoms with Gasteiger partial charge >= 0.3 is 6.09 Å². The van der Waals surface area contributed by atoms with Crippen molar-refractivity contribution in [3.63, 3.8) is 0 Å². The number of rotatable bonds is 37. The van der Waals surface area contributed by atoms with Crippen LogP contribution in [0, 0.1) is 11.8 Å². The molecule has 488 valence electrons. The van der Waals surface area contributed by atoms with E-state index >= 15 is 0 Å². The first-order valence-corrected chi connectivity index (χ1v) is 30.4. The van der Waals surface area contributed by atoms with Crippen molar-refractivity contribution in [1.82, 2.24) is 36.4 Å². The van der Waals surface area contributed by atoms with E-state index in [4.69, 9.17) is 21.9 Å². The molecule has 0 radical (unpaired) electrons. The average molecular weight is 1240 g/mol. The standard InChI is InChI=1S/C34H50N6O8.C29H42N6O6/c1-22(2)30(39-27(42)13-7-6-10-20-40-28(43)18-19-29(40)44)32(46)38-25(11-8-9-12-26(35)41)31(45)37-24-16-14-23(15-17-24)21-36-33(47)48-34(3,4)5;1-19(2)27(34-24(37)10-4-3-7-17-35-25(38)15-16-26(35)39)29(41)33-22(8-5-6-9-23(31)36)28(40)32-21-13-11-20(18-30)12-14-21/h14-19,22,25,30H,6-13,20-21H2,1-5H3,(H2,35,41)(H,36,47)(H,37,45)(H,38,46)(H,39,42);11-16,19,22,27H,3-10,17-18,30H2,1-2H3,(H2,31,36)(H,32,40)(H,33,41)(H,34,37)/t25-,30-;22-,27-/m00/s1. The Balaban J connectivity index is 0.000000471. The molecule has 2 heterocycles. The fourth-order valence-electron chi connectivity index (χ4n) is 9.06. The molecule has 0 aromatic heterocycles. The summed E-state index contributed by atoms with van der Waals surface area (Å²) in [6.07, 6.45) is 10.8. The summed E-state index contributed by atoms with van der Waals surface area (Å²) in [6.45, 7) is 13.6. The number of imide groups is 2. The first kappa shape index (κ1) is 74.4. The van der Waals surface area contributed by atoms with Crippen molar-refractivity contribution in [1.29, 1.82) is 0 Å². The van der Waals surface area contributed by atoms with Crippen LogP contribution >= 0.6 is 0 Å². The number of benzene rings is 2. The lowest BCUT2D eigenvalue weighted by atomic mass is 10.0. The Hall–Kier alpha value is -8.81. The highest BCUT2D eigenvalue weighted by Crippen LogP contribution is 2.17. The van der Waals surface area contributed by atoms with Gasteiger partial charge in [0.25, 0.3) is 23.6 Å². The van der Waals surface area contributed by atoms with Crippen LogP contribution in [0.1, 0.15) is 162 Å². The van der Waals surface area contributed by atoms with Gasteiger partial charge in [0.2, 0.25) is 47.3 Å². The van der Waals surface area contributed by atoms with Gasteiger partial charge in [-0.05, 0) is 119 Å². The van der Waals surface area contributed by atoms with Gasteiger partial charge in [-0.3, -0.25) is 67.3 Å². The molecule has 89 heavy (non-hydrogen) atoms. The van der Waals surface area contributed by atoms with Crippen LogP contribution in [-0.4, -0.2) is 130 Å². The summed E-state index contributed by atoms with van der Waals surface area (Å²) >= 11 is 0. The average Bonchev–Trinajstić information content (AvgIpc) is 4.19. The zero-order valence-electron chi connectivity index (χ0n) is 52.4. The fourth-order valence-corrected chi connectivity index (χ4v) is 9.06. The number of carbonyl (C=O) groups excluding carboxylic acids is 13. The molecule has 0 saturated heterocycles. The summed E-state index contributed by atoms with van der Waals surface area (Å²) in [4.78, 5) is 161. The van der Waals surface area contributed by atoms with Crippen LogP contribution in [0.3, 0.4) is 0 Å². The minimum absolute atomic E-state index is 0.146. The zero-order chi connectivity index (χ0) is 66.2. The molecular formula is C63H92N12O14. The first-order chi connectivity index (χ1) is 42.1. The SMILES string of the molecule is CC(C)[C@H](NC(=O)CCCCCN1C(=O)C=CC1=O)C(=O)N[C@@H](CCCCC(N)=O)C(=O)Nc1ccc(CN)cc1.CC(C)[C@H](NC(=O)CCCCCN1C(=O)C=CC1=O)C(=O)N[C@@H](CCCCC(N)=O)C(=O)Nc1ccc(CNC(=O)OC(C)(C)C)cc1. The van der Waals surface area contributed by atoms with E-state index in [9.17, 15) is 62.3 Å². The largest absolute Gasteiger partial charge is 0.444 e. The Kier molecular flexibility index (Phi) is 32.2. The van der Waals surface area contributed by atoms with Crippen molar-refractivity contribution in [3.8, 4) is 0 Å². The molecule has 2 aromatic rings. The van der Waals surface area contributed by atoms with Crippen LogP contribution in [0.5, 0.6) is 0 Å². The second-order valence-corrected chi connectivity index (χ2v) is 23.5. The number of unbranched alkanes of at least 4 members (excludes halogenated alkanes) is 6. The second-order valence-electron chi connectivity index (χ2n) is 23.5. The maximum atomic E-state index is 13.4. The van der Waals surface area contributed by atoms with E-state index in [-0.39, 0.29) is 98.9 Å². The van der Waals surface area contributed by atoms with Gasteiger partial charge in [-0.15, -0.1) is 0 Å². The molecule has 26 heteroatoms.